The van der Waals surface area contributed by atoms with Crippen LogP contribution in [0.1, 0.15) is 38.8 Å². The van der Waals surface area contributed by atoms with E-state index in [1.807, 2.05) is 60.0 Å². The summed E-state index contributed by atoms with van der Waals surface area (Å²) in [7, 11) is 4.09. The van der Waals surface area contributed by atoms with Crippen molar-refractivity contribution in [1.82, 2.24) is 0 Å². The van der Waals surface area contributed by atoms with Crippen molar-refractivity contribution in [2.45, 2.75) is 41.5 Å². The normalized spacial score (nSPS) is 8.00. The summed E-state index contributed by atoms with van der Waals surface area (Å²) in [6, 6.07) is 18.7. The molecule has 0 atom stereocenters. The number of rotatable bonds is 1. The van der Waals surface area contributed by atoms with Crippen LogP contribution in [-0.4, -0.2) is 14.1 Å². The van der Waals surface area contributed by atoms with Crippen molar-refractivity contribution in [2.75, 3.05) is 19.0 Å². The van der Waals surface area contributed by atoms with Crippen molar-refractivity contribution >= 4 is 5.69 Å². The molecule has 0 saturated carbocycles. The van der Waals surface area contributed by atoms with Gasteiger partial charge in [-0.1, -0.05) is 81.3 Å². The van der Waals surface area contributed by atoms with E-state index in [0.29, 0.717) is 0 Å². The van der Waals surface area contributed by atoms with E-state index in [4.69, 9.17) is 0 Å². The van der Waals surface area contributed by atoms with Crippen molar-refractivity contribution in [1.29, 1.82) is 0 Å². The van der Waals surface area contributed by atoms with Crippen molar-refractivity contribution in [3.05, 3.63) is 65.7 Å². The summed E-state index contributed by atoms with van der Waals surface area (Å²) < 4.78 is 0. The highest BCUT2D eigenvalue weighted by Gasteiger charge is 1.90. The van der Waals surface area contributed by atoms with Gasteiger partial charge in [0.25, 0.3) is 0 Å². The first-order valence-corrected chi connectivity index (χ1v) is 7.85. The van der Waals surface area contributed by atoms with E-state index >= 15 is 0 Å². The Bertz CT molecular complexity index is 415. The van der Waals surface area contributed by atoms with E-state index < -0.39 is 0 Å². The molecule has 21 heavy (non-hydrogen) atoms. The highest BCUT2D eigenvalue weighted by atomic mass is 15.1. The summed E-state index contributed by atoms with van der Waals surface area (Å²) in [5.41, 5.74) is 3.89. The standard InChI is InChI=1S/C9H13N.C7H8.2C2H6/c1-8-4-6-9(7-5-8)10(2)3;1-7-5-3-2-4-6-7;2*1-2/h4-7H,1-3H3;2-6H,1H3;2*1-2H3. The Hall–Kier alpha value is -1.76. The lowest BCUT2D eigenvalue weighted by Gasteiger charge is -2.11. The van der Waals surface area contributed by atoms with Crippen molar-refractivity contribution < 1.29 is 0 Å². The molecular weight excluding hydrogens is 254 g/mol. The number of nitrogens with zero attached hydrogens (tertiary/aromatic N) is 1. The smallest absolute Gasteiger partial charge is 0.0361 e. The summed E-state index contributed by atoms with van der Waals surface area (Å²) >= 11 is 0. The molecule has 0 saturated heterocycles. The van der Waals surface area contributed by atoms with E-state index in [-0.39, 0.29) is 0 Å². The minimum atomic E-state index is 1.26. The fraction of sp³-hybridized carbons (Fsp3) is 0.400. The molecule has 0 bridgehead atoms. The third-order valence-corrected chi connectivity index (χ3v) is 2.49. The van der Waals surface area contributed by atoms with Crippen LogP contribution in [-0.2, 0) is 0 Å². The van der Waals surface area contributed by atoms with Crippen LogP contribution in [0.4, 0.5) is 5.69 Å². The van der Waals surface area contributed by atoms with Gasteiger partial charge >= 0.3 is 0 Å². The van der Waals surface area contributed by atoms with Crippen molar-refractivity contribution in [2.24, 2.45) is 0 Å². The van der Waals surface area contributed by atoms with E-state index in [0.717, 1.165) is 0 Å². The zero-order valence-corrected chi connectivity index (χ0v) is 15.1. The van der Waals surface area contributed by atoms with Gasteiger partial charge in [0.2, 0.25) is 0 Å². The summed E-state index contributed by atoms with van der Waals surface area (Å²) in [6.07, 6.45) is 0. The van der Waals surface area contributed by atoms with Crippen LogP contribution in [0.2, 0.25) is 0 Å². The van der Waals surface area contributed by atoms with Gasteiger partial charge in [0.05, 0.1) is 0 Å². The molecule has 0 aromatic heterocycles. The zero-order chi connectivity index (χ0) is 16.7. The Morgan fingerprint density at radius 2 is 0.952 bits per heavy atom. The van der Waals surface area contributed by atoms with Crippen LogP contribution in [0.15, 0.2) is 54.6 Å². The number of anilines is 1. The van der Waals surface area contributed by atoms with Crippen LogP contribution in [0.3, 0.4) is 0 Å². The van der Waals surface area contributed by atoms with Gasteiger partial charge in [0.15, 0.2) is 0 Å². The molecule has 0 fully saturated rings. The van der Waals surface area contributed by atoms with Gasteiger partial charge in [-0.05, 0) is 26.0 Å². The van der Waals surface area contributed by atoms with Gasteiger partial charge in [0, 0.05) is 19.8 Å². The van der Waals surface area contributed by atoms with Gasteiger partial charge in [-0.3, -0.25) is 0 Å². The minimum absolute atomic E-state index is 1.26. The molecule has 2 aromatic rings. The predicted octanol–water partition coefficient (Wildman–Crippen LogP) is 6.11. The molecule has 2 rings (SSSR count). The monoisotopic (exact) mass is 287 g/mol. The summed E-state index contributed by atoms with van der Waals surface area (Å²) in [5.74, 6) is 0. The summed E-state index contributed by atoms with van der Waals surface area (Å²) in [5, 5.41) is 0. The average Bonchev–Trinajstić information content (AvgIpc) is 2.53. The summed E-state index contributed by atoms with van der Waals surface area (Å²) in [4.78, 5) is 2.10. The molecule has 1 heteroatoms. The number of hydrogen-bond donors (Lipinski definition) is 0. The molecule has 1 nitrogen and oxygen atoms in total. The molecular formula is C20H33N. The quantitative estimate of drug-likeness (QED) is 0.611. The number of benzene rings is 2. The first kappa shape index (κ1) is 21.5. The first-order valence-electron chi connectivity index (χ1n) is 7.85. The van der Waals surface area contributed by atoms with Crippen LogP contribution in [0.5, 0.6) is 0 Å². The second-order valence-corrected chi connectivity index (χ2v) is 4.38. The zero-order valence-electron chi connectivity index (χ0n) is 15.1. The van der Waals surface area contributed by atoms with Gasteiger partial charge in [-0.2, -0.15) is 0 Å². The third-order valence-electron chi connectivity index (χ3n) is 2.49. The maximum absolute atomic E-state index is 2.12. The minimum Gasteiger partial charge on any atom is -0.378 e. The highest BCUT2D eigenvalue weighted by Crippen LogP contribution is 2.10. The number of aryl methyl sites for hydroxylation is 2. The third kappa shape index (κ3) is 11.7. The Balaban J connectivity index is 0. The average molecular weight is 287 g/mol. The molecule has 0 radical (unpaired) electrons. The first-order chi connectivity index (χ1) is 10.1. The Labute approximate surface area is 132 Å². The van der Waals surface area contributed by atoms with E-state index in [9.17, 15) is 0 Å². The van der Waals surface area contributed by atoms with E-state index in [2.05, 4.69) is 55.1 Å². The van der Waals surface area contributed by atoms with Crippen molar-refractivity contribution in [3.63, 3.8) is 0 Å². The highest BCUT2D eigenvalue weighted by molar-refractivity contribution is 5.45. The van der Waals surface area contributed by atoms with E-state index in [1.165, 1.54) is 16.8 Å². The van der Waals surface area contributed by atoms with Gasteiger partial charge in [-0.15, -0.1) is 0 Å². The fourth-order valence-corrected chi connectivity index (χ4v) is 1.38. The molecule has 0 aliphatic carbocycles. The largest absolute Gasteiger partial charge is 0.378 e. The second kappa shape index (κ2) is 14.6. The Kier molecular flexibility index (Phi) is 15.0. The molecule has 2 aromatic carbocycles. The lowest BCUT2D eigenvalue weighted by atomic mass is 10.2. The molecule has 0 aliphatic heterocycles. The Morgan fingerprint density at radius 1 is 0.571 bits per heavy atom. The lowest BCUT2D eigenvalue weighted by molar-refractivity contribution is 1.13. The maximum Gasteiger partial charge on any atom is 0.0361 e. The SMILES string of the molecule is CC.CC.Cc1ccc(N(C)C)cc1.Cc1ccccc1. The Morgan fingerprint density at radius 3 is 1.24 bits per heavy atom. The molecule has 0 N–H and O–H groups in total. The molecule has 0 amide bonds. The van der Waals surface area contributed by atoms with Crippen molar-refractivity contribution in [3.8, 4) is 0 Å². The lowest BCUT2D eigenvalue weighted by Crippen LogP contribution is -2.07. The fourth-order valence-electron chi connectivity index (χ4n) is 1.38. The van der Waals surface area contributed by atoms with Crippen LogP contribution < -0.4 is 4.90 Å². The number of hydrogen-bond acceptors (Lipinski definition) is 1. The molecule has 0 aliphatic rings. The maximum atomic E-state index is 2.12. The molecule has 0 heterocycles. The molecule has 0 unspecified atom stereocenters. The van der Waals surface area contributed by atoms with Crippen LogP contribution >= 0.6 is 0 Å². The topological polar surface area (TPSA) is 3.24 Å². The van der Waals surface area contributed by atoms with Crippen LogP contribution in [0, 0.1) is 13.8 Å². The van der Waals surface area contributed by atoms with E-state index in [1.54, 1.807) is 0 Å². The predicted molar refractivity (Wildman–Crippen MR) is 99.4 cm³/mol. The molecule has 118 valence electrons. The summed E-state index contributed by atoms with van der Waals surface area (Å²) in [6.45, 7) is 12.2. The van der Waals surface area contributed by atoms with Crippen LogP contribution in [0.25, 0.3) is 0 Å². The second-order valence-electron chi connectivity index (χ2n) is 4.38. The molecule has 0 spiro atoms. The van der Waals surface area contributed by atoms with Gasteiger partial charge in [-0.25, -0.2) is 0 Å². The van der Waals surface area contributed by atoms with Gasteiger partial charge in [0.1, 0.15) is 0 Å². The van der Waals surface area contributed by atoms with Gasteiger partial charge < -0.3 is 4.90 Å².